The van der Waals surface area contributed by atoms with Crippen LogP contribution in [0.2, 0.25) is 0 Å². The molecule has 1 fully saturated rings. The topological polar surface area (TPSA) is 80.0 Å². The van der Waals surface area contributed by atoms with E-state index >= 15 is 0 Å². The third kappa shape index (κ3) is 3.19. The molecule has 1 aromatic heterocycles. The molecule has 0 spiro atoms. The minimum atomic E-state index is -0.796. The SMILES string of the molecule is COC(=O)c1ccccc1-c1ccc(CN2CCC[C@H]2C(=O)O)o1. The number of hydrogen-bond acceptors (Lipinski definition) is 5. The van der Waals surface area contributed by atoms with Crippen molar-refractivity contribution in [2.24, 2.45) is 0 Å². The van der Waals surface area contributed by atoms with Gasteiger partial charge < -0.3 is 14.3 Å². The van der Waals surface area contributed by atoms with Crippen LogP contribution in [0, 0.1) is 0 Å². The second-order valence-electron chi connectivity index (χ2n) is 5.77. The number of likely N-dealkylation sites (tertiary alicyclic amines) is 1. The Morgan fingerprint density at radius 1 is 1.29 bits per heavy atom. The molecule has 2 aromatic rings. The molecule has 126 valence electrons. The first-order valence-electron chi connectivity index (χ1n) is 7.83. The first kappa shape index (κ1) is 16.3. The second-order valence-corrected chi connectivity index (χ2v) is 5.77. The summed E-state index contributed by atoms with van der Waals surface area (Å²) in [5.41, 5.74) is 1.09. The Labute approximate surface area is 139 Å². The zero-order valence-electron chi connectivity index (χ0n) is 13.4. The number of hydrogen-bond donors (Lipinski definition) is 1. The summed E-state index contributed by atoms with van der Waals surface area (Å²) < 4.78 is 10.7. The smallest absolute Gasteiger partial charge is 0.338 e. The molecule has 0 saturated carbocycles. The van der Waals surface area contributed by atoms with Crippen molar-refractivity contribution in [3.8, 4) is 11.3 Å². The van der Waals surface area contributed by atoms with Crippen molar-refractivity contribution in [2.75, 3.05) is 13.7 Å². The molecular formula is C18H19NO5. The Kier molecular flexibility index (Phi) is 4.66. The minimum absolute atomic E-state index is 0.422. The number of benzene rings is 1. The number of methoxy groups -OCH3 is 1. The average molecular weight is 329 g/mol. The van der Waals surface area contributed by atoms with Gasteiger partial charge in [-0.1, -0.05) is 18.2 Å². The number of carboxylic acids is 1. The van der Waals surface area contributed by atoms with Crippen LogP contribution in [-0.2, 0) is 16.1 Å². The standard InChI is InChI=1S/C18H19NO5/c1-23-18(22)14-6-3-2-5-13(14)16-9-8-12(24-16)11-19-10-4-7-15(19)17(20)21/h2-3,5-6,8-9,15H,4,7,10-11H2,1H3,(H,20,21)/t15-/m0/s1. The number of furan rings is 1. The molecule has 0 amide bonds. The molecule has 1 aliphatic heterocycles. The zero-order valence-corrected chi connectivity index (χ0v) is 13.4. The summed E-state index contributed by atoms with van der Waals surface area (Å²) >= 11 is 0. The first-order chi connectivity index (χ1) is 11.6. The lowest BCUT2D eigenvalue weighted by molar-refractivity contribution is -0.142. The first-order valence-corrected chi connectivity index (χ1v) is 7.83. The van der Waals surface area contributed by atoms with Crippen molar-refractivity contribution in [2.45, 2.75) is 25.4 Å². The molecule has 6 nitrogen and oxygen atoms in total. The molecule has 1 aromatic carbocycles. The zero-order chi connectivity index (χ0) is 17.1. The number of nitrogens with zero attached hydrogens (tertiary/aromatic N) is 1. The van der Waals surface area contributed by atoms with Crippen LogP contribution in [0.15, 0.2) is 40.8 Å². The monoisotopic (exact) mass is 329 g/mol. The predicted molar refractivity (Wildman–Crippen MR) is 86.6 cm³/mol. The van der Waals surface area contributed by atoms with Crippen LogP contribution in [0.4, 0.5) is 0 Å². The van der Waals surface area contributed by atoms with Gasteiger partial charge in [0.15, 0.2) is 0 Å². The third-order valence-corrected chi connectivity index (χ3v) is 4.27. The van der Waals surface area contributed by atoms with Crippen LogP contribution in [0.3, 0.4) is 0 Å². The normalized spacial score (nSPS) is 17.8. The highest BCUT2D eigenvalue weighted by molar-refractivity contribution is 5.96. The van der Waals surface area contributed by atoms with Gasteiger partial charge in [-0.2, -0.15) is 0 Å². The quantitative estimate of drug-likeness (QED) is 0.850. The molecule has 1 N–H and O–H groups in total. The van der Waals surface area contributed by atoms with Crippen molar-refractivity contribution >= 4 is 11.9 Å². The van der Waals surface area contributed by atoms with Gasteiger partial charge in [-0.05, 0) is 37.6 Å². The average Bonchev–Trinajstić information content (AvgIpc) is 3.24. The Hall–Kier alpha value is -2.60. The number of carbonyl (C=O) groups excluding carboxylic acids is 1. The lowest BCUT2D eigenvalue weighted by Gasteiger charge is -2.19. The summed E-state index contributed by atoms with van der Waals surface area (Å²) in [5, 5.41) is 9.25. The van der Waals surface area contributed by atoms with Gasteiger partial charge in [0.25, 0.3) is 0 Å². The summed E-state index contributed by atoms with van der Waals surface area (Å²) in [6.45, 7) is 1.18. The maximum absolute atomic E-state index is 11.9. The summed E-state index contributed by atoms with van der Waals surface area (Å²) in [6, 6.07) is 10.2. The second kappa shape index (κ2) is 6.88. The van der Waals surface area contributed by atoms with Crippen LogP contribution >= 0.6 is 0 Å². The Morgan fingerprint density at radius 3 is 2.83 bits per heavy atom. The molecule has 0 unspecified atom stereocenters. The van der Waals surface area contributed by atoms with Gasteiger partial charge in [-0.3, -0.25) is 9.69 Å². The molecule has 6 heteroatoms. The van der Waals surface area contributed by atoms with Crippen LogP contribution in [0.1, 0.15) is 29.0 Å². The van der Waals surface area contributed by atoms with E-state index in [1.165, 1.54) is 7.11 Å². The molecule has 0 aliphatic carbocycles. The molecule has 24 heavy (non-hydrogen) atoms. The van der Waals surface area contributed by atoms with Crippen LogP contribution in [0.5, 0.6) is 0 Å². The lowest BCUT2D eigenvalue weighted by Crippen LogP contribution is -2.35. The van der Waals surface area contributed by atoms with Gasteiger partial charge in [0.1, 0.15) is 17.6 Å². The summed E-state index contributed by atoms with van der Waals surface area (Å²) in [4.78, 5) is 25.0. The summed E-state index contributed by atoms with van der Waals surface area (Å²) in [5.74, 6) is 0.0271. The lowest BCUT2D eigenvalue weighted by atomic mass is 10.1. The van der Waals surface area contributed by atoms with E-state index < -0.39 is 18.0 Å². The predicted octanol–water partition coefficient (Wildman–Crippen LogP) is 2.78. The minimum Gasteiger partial charge on any atom is -0.480 e. The molecular weight excluding hydrogens is 310 g/mol. The van der Waals surface area contributed by atoms with Gasteiger partial charge in [0.2, 0.25) is 0 Å². The molecule has 0 radical (unpaired) electrons. The Bertz CT molecular complexity index is 751. The van der Waals surface area contributed by atoms with Gasteiger partial charge in [0.05, 0.1) is 19.2 Å². The Balaban J connectivity index is 1.82. The highest BCUT2D eigenvalue weighted by atomic mass is 16.5. The van der Waals surface area contributed by atoms with E-state index in [0.29, 0.717) is 35.6 Å². The fraction of sp³-hybridized carbons (Fsp3) is 0.333. The molecule has 1 saturated heterocycles. The number of carbonyl (C=O) groups is 2. The van der Waals surface area contributed by atoms with E-state index in [9.17, 15) is 14.7 Å². The summed E-state index contributed by atoms with van der Waals surface area (Å²) in [7, 11) is 1.34. The maximum Gasteiger partial charge on any atom is 0.338 e. The van der Waals surface area contributed by atoms with E-state index in [4.69, 9.17) is 9.15 Å². The fourth-order valence-electron chi connectivity index (χ4n) is 3.09. The van der Waals surface area contributed by atoms with Crippen molar-refractivity contribution < 1.29 is 23.8 Å². The van der Waals surface area contributed by atoms with Crippen molar-refractivity contribution in [3.63, 3.8) is 0 Å². The van der Waals surface area contributed by atoms with E-state index in [1.54, 1.807) is 24.3 Å². The van der Waals surface area contributed by atoms with E-state index in [-0.39, 0.29) is 0 Å². The van der Waals surface area contributed by atoms with Crippen molar-refractivity contribution in [1.29, 1.82) is 0 Å². The molecule has 0 bridgehead atoms. The molecule has 1 atom stereocenters. The van der Waals surface area contributed by atoms with Gasteiger partial charge >= 0.3 is 11.9 Å². The summed E-state index contributed by atoms with van der Waals surface area (Å²) in [6.07, 6.45) is 1.53. The molecule has 1 aliphatic rings. The molecule has 2 heterocycles. The molecule has 3 rings (SSSR count). The van der Waals surface area contributed by atoms with Crippen molar-refractivity contribution in [3.05, 3.63) is 47.7 Å². The van der Waals surface area contributed by atoms with Crippen molar-refractivity contribution in [1.82, 2.24) is 4.90 Å². The van der Waals surface area contributed by atoms with Crippen LogP contribution < -0.4 is 0 Å². The highest BCUT2D eigenvalue weighted by Crippen LogP contribution is 2.28. The fourth-order valence-corrected chi connectivity index (χ4v) is 3.09. The van der Waals surface area contributed by atoms with E-state index in [2.05, 4.69) is 0 Å². The van der Waals surface area contributed by atoms with Gasteiger partial charge in [0, 0.05) is 5.56 Å². The largest absolute Gasteiger partial charge is 0.480 e. The van der Waals surface area contributed by atoms with Gasteiger partial charge in [-0.25, -0.2) is 4.79 Å². The highest BCUT2D eigenvalue weighted by Gasteiger charge is 2.31. The number of rotatable bonds is 5. The van der Waals surface area contributed by atoms with E-state index in [0.717, 1.165) is 13.0 Å². The third-order valence-electron chi connectivity index (χ3n) is 4.27. The number of ether oxygens (including phenoxy) is 1. The number of aliphatic carboxylic acids is 1. The number of carboxylic acid groups (broad SMARTS) is 1. The van der Waals surface area contributed by atoms with Crippen LogP contribution in [0.25, 0.3) is 11.3 Å². The maximum atomic E-state index is 11.9. The van der Waals surface area contributed by atoms with Gasteiger partial charge in [-0.15, -0.1) is 0 Å². The van der Waals surface area contributed by atoms with Crippen LogP contribution in [-0.4, -0.2) is 41.6 Å². The van der Waals surface area contributed by atoms with E-state index in [1.807, 2.05) is 17.0 Å². The number of esters is 1. The Morgan fingerprint density at radius 2 is 2.08 bits per heavy atom.